The molecule has 1 amide bonds. The van der Waals surface area contributed by atoms with E-state index in [0.29, 0.717) is 5.01 Å². The second kappa shape index (κ2) is 7.68. The van der Waals surface area contributed by atoms with Gasteiger partial charge >= 0.3 is 5.97 Å². The van der Waals surface area contributed by atoms with Gasteiger partial charge in [0.2, 0.25) is 0 Å². The van der Waals surface area contributed by atoms with Gasteiger partial charge in [-0.25, -0.2) is 4.79 Å². The summed E-state index contributed by atoms with van der Waals surface area (Å²) in [5, 5.41) is 36.5. The standard InChI is InChI=1S/C19H17N3O7/c1-2-29-18(25)16-11-19(26,13-4-3-5-14(10-13)22(27)28)21(20-16)17(24)12-6-8-15(23)9-7-12/h3-10,23,26H,2,11H2,1H3/t19-/m1/s1. The van der Waals surface area contributed by atoms with Gasteiger partial charge in [0.25, 0.3) is 11.6 Å². The van der Waals surface area contributed by atoms with Crippen molar-refractivity contribution in [3.8, 4) is 5.75 Å². The average molecular weight is 399 g/mol. The van der Waals surface area contributed by atoms with Gasteiger partial charge in [-0.1, -0.05) is 12.1 Å². The van der Waals surface area contributed by atoms with Gasteiger partial charge < -0.3 is 14.9 Å². The Bertz CT molecular complexity index is 1000. The molecule has 0 aromatic heterocycles. The number of hydrogen-bond acceptors (Lipinski definition) is 8. The predicted octanol–water partition coefficient (Wildman–Crippen LogP) is 1.91. The largest absolute Gasteiger partial charge is 0.508 e. The molecule has 150 valence electrons. The summed E-state index contributed by atoms with van der Waals surface area (Å²) in [7, 11) is 0. The third kappa shape index (κ3) is 3.78. The van der Waals surface area contributed by atoms with E-state index < -0.39 is 28.9 Å². The van der Waals surface area contributed by atoms with Crippen LogP contribution in [-0.4, -0.2) is 44.3 Å². The zero-order valence-electron chi connectivity index (χ0n) is 15.3. The summed E-state index contributed by atoms with van der Waals surface area (Å²) in [6.07, 6.45) is -0.406. The van der Waals surface area contributed by atoms with Crippen LogP contribution in [0.25, 0.3) is 0 Å². The second-order valence-corrected chi connectivity index (χ2v) is 6.23. The summed E-state index contributed by atoms with van der Waals surface area (Å²) in [6.45, 7) is 1.67. The number of nitro groups is 1. The van der Waals surface area contributed by atoms with Crippen LogP contribution in [0.5, 0.6) is 5.75 Å². The number of benzene rings is 2. The van der Waals surface area contributed by atoms with Crippen LogP contribution in [0.15, 0.2) is 53.6 Å². The zero-order chi connectivity index (χ0) is 21.2. The van der Waals surface area contributed by atoms with Gasteiger partial charge in [0.1, 0.15) is 5.75 Å². The van der Waals surface area contributed by atoms with E-state index in [4.69, 9.17) is 4.74 Å². The number of nitro benzene ring substituents is 1. The molecule has 2 N–H and O–H groups in total. The van der Waals surface area contributed by atoms with Crippen LogP contribution in [0.4, 0.5) is 5.69 Å². The Kier molecular flexibility index (Phi) is 5.29. The first-order chi connectivity index (χ1) is 13.8. The van der Waals surface area contributed by atoms with Crippen LogP contribution in [-0.2, 0) is 15.3 Å². The molecule has 0 bridgehead atoms. The Labute approximate surface area is 164 Å². The van der Waals surface area contributed by atoms with Crippen molar-refractivity contribution in [1.29, 1.82) is 0 Å². The minimum atomic E-state index is -2.14. The molecule has 0 saturated heterocycles. The monoisotopic (exact) mass is 399 g/mol. The average Bonchev–Trinajstić information content (AvgIpc) is 3.07. The van der Waals surface area contributed by atoms with Crippen LogP contribution in [0.1, 0.15) is 29.3 Å². The van der Waals surface area contributed by atoms with Gasteiger partial charge in [-0.2, -0.15) is 10.1 Å². The Morgan fingerprint density at radius 2 is 1.97 bits per heavy atom. The minimum absolute atomic E-state index is 0.0156. The SMILES string of the molecule is CCOC(=O)C1=NN(C(=O)c2ccc(O)cc2)[C@](O)(c2cccc([N+](=O)[O-])c2)C1. The van der Waals surface area contributed by atoms with Crippen molar-refractivity contribution in [2.75, 3.05) is 6.61 Å². The van der Waals surface area contributed by atoms with Crippen LogP contribution < -0.4 is 0 Å². The number of amides is 1. The van der Waals surface area contributed by atoms with Gasteiger partial charge in [-0.15, -0.1) is 0 Å². The number of esters is 1. The van der Waals surface area contributed by atoms with Crippen LogP contribution >= 0.6 is 0 Å². The molecule has 1 heterocycles. The van der Waals surface area contributed by atoms with Gasteiger partial charge in [-0.05, 0) is 31.2 Å². The molecule has 3 rings (SSSR count). The smallest absolute Gasteiger partial charge is 0.354 e. The van der Waals surface area contributed by atoms with E-state index in [-0.39, 0.29) is 34.9 Å². The van der Waals surface area contributed by atoms with E-state index in [1.807, 2.05) is 0 Å². The first kappa shape index (κ1) is 20.0. The number of ether oxygens (including phenoxy) is 1. The first-order valence-corrected chi connectivity index (χ1v) is 8.61. The summed E-state index contributed by atoms with van der Waals surface area (Å²) < 4.78 is 4.91. The maximum Gasteiger partial charge on any atom is 0.354 e. The molecule has 10 nitrogen and oxygen atoms in total. The molecule has 10 heteroatoms. The van der Waals surface area contributed by atoms with Crippen molar-refractivity contribution in [3.63, 3.8) is 0 Å². The van der Waals surface area contributed by atoms with Gasteiger partial charge in [0, 0.05) is 23.3 Å². The summed E-state index contributed by atoms with van der Waals surface area (Å²) in [5.41, 5.74) is -2.53. The molecule has 2 aromatic carbocycles. The highest BCUT2D eigenvalue weighted by Crippen LogP contribution is 2.38. The number of phenols is 1. The zero-order valence-corrected chi connectivity index (χ0v) is 15.3. The molecule has 0 spiro atoms. The predicted molar refractivity (Wildman–Crippen MR) is 100.0 cm³/mol. The Morgan fingerprint density at radius 3 is 2.59 bits per heavy atom. The molecule has 1 atom stereocenters. The molecule has 29 heavy (non-hydrogen) atoms. The van der Waals surface area contributed by atoms with Crippen molar-refractivity contribution in [2.45, 2.75) is 19.1 Å². The van der Waals surface area contributed by atoms with Crippen molar-refractivity contribution in [2.24, 2.45) is 5.10 Å². The number of nitrogens with zero attached hydrogens (tertiary/aromatic N) is 3. The van der Waals surface area contributed by atoms with Gasteiger partial charge in [0.05, 0.1) is 18.0 Å². The molecule has 2 aromatic rings. The topological polar surface area (TPSA) is 143 Å². The van der Waals surface area contributed by atoms with Crippen LogP contribution in [0.3, 0.4) is 0 Å². The molecule has 0 saturated carbocycles. The van der Waals surface area contributed by atoms with Crippen molar-refractivity contribution >= 4 is 23.3 Å². The fourth-order valence-electron chi connectivity index (χ4n) is 2.91. The highest BCUT2D eigenvalue weighted by molar-refractivity contribution is 6.37. The maximum atomic E-state index is 13.0. The quantitative estimate of drug-likeness (QED) is 0.444. The van der Waals surface area contributed by atoms with E-state index >= 15 is 0 Å². The highest BCUT2D eigenvalue weighted by atomic mass is 16.6. The van der Waals surface area contributed by atoms with Crippen LogP contribution in [0.2, 0.25) is 0 Å². The highest BCUT2D eigenvalue weighted by Gasteiger charge is 2.48. The molecule has 0 fully saturated rings. The molecule has 1 aliphatic heterocycles. The third-order valence-corrected chi connectivity index (χ3v) is 4.32. The lowest BCUT2D eigenvalue weighted by Crippen LogP contribution is -2.43. The number of non-ortho nitro benzene ring substituents is 1. The van der Waals surface area contributed by atoms with Gasteiger partial charge in [0.15, 0.2) is 11.4 Å². The number of phenolic OH excluding ortho intramolecular Hbond substituents is 1. The maximum absolute atomic E-state index is 13.0. The van der Waals surface area contributed by atoms with E-state index in [1.165, 1.54) is 42.5 Å². The van der Waals surface area contributed by atoms with E-state index in [2.05, 4.69) is 5.10 Å². The summed E-state index contributed by atoms with van der Waals surface area (Å²) in [4.78, 5) is 35.6. The lowest BCUT2D eigenvalue weighted by Gasteiger charge is -2.31. The number of hydrazone groups is 1. The normalized spacial score (nSPS) is 18.3. The Hall–Kier alpha value is -3.79. The van der Waals surface area contributed by atoms with E-state index in [0.717, 1.165) is 6.07 Å². The van der Waals surface area contributed by atoms with Crippen molar-refractivity contribution < 1.29 is 29.5 Å². The minimum Gasteiger partial charge on any atom is -0.508 e. The molecular formula is C19H17N3O7. The fraction of sp³-hybridized carbons (Fsp3) is 0.211. The molecule has 0 aliphatic carbocycles. The summed E-state index contributed by atoms with van der Waals surface area (Å²) in [5.74, 6) is -1.64. The van der Waals surface area contributed by atoms with Crippen LogP contribution in [0, 0.1) is 10.1 Å². The van der Waals surface area contributed by atoms with Gasteiger partial charge in [-0.3, -0.25) is 14.9 Å². The Morgan fingerprint density at radius 1 is 1.28 bits per heavy atom. The fourth-order valence-corrected chi connectivity index (χ4v) is 2.91. The van der Waals surface area contributed by atoms with E-state index in [9.17, 15) is 29.9 Å². The second-order valence-electron chi connectivity index (χ2n) is 6.23. The van der Waals surface area contributed by atoms with Crippen molar-refractivity contribution in [1.82, 2.24) is 5.01 Å². The number of aliphatic hydroxyl groups is 1. The number of hydrogen-bond donors (Lipinski definition) is 2. The lowest BCUT2D eigenvalue weighted by atomic mass is 9.96. The number of rotatable bonds is 5. The van der Waals surface area contributed by atoms with E-state index in [1.54, 1.807) is 6.92 Å². The summed E-state index contributed by atoms with van der Waals surface area (Å²) in [6, 6.07) is 10.3. The Balaban J connectivity index is 2.07. The number of carbonyl (C=O) groups excluding carboxylic acids is 2. The molecular weight excluding hydrogens is 382 g/mol. The first-order valence-electron chi connectivity index (χ1n) is 8.61. The van der Waals surface area contributed by atoms with Crippen molar-refractivity contribution in [3.05, 3.63) is 69.8 Å². The molecule has 1 aliphatic rings. The molecule has 0 radical (unpaired) electrons. The number of carbonyl (C=O) groups is 2. The lowest BCUT2D eigenvalue weighted by molar-refractivity contribution is -0.385. The third-order valence-electron chi connectivity index (χ3n) is 4.32. The summed E-state index contributed by atoms with van der Waals surface area (Å²) >= 11 is 0. The number of aromatic hydroxyl groups is 1. The molecule has 0 unspecified atom stereocenters.